The molecule has 0 fully saturated rings. The Morgan fingerprint density at radius 2 is 1.79 bits per heavy atom. The molecule has 8 heteroatoms. The van der Waals surface area contributed by atoms with Crippen molar-refractivity contribution in [2.75, 3.05) is 24.9 Å². The summed E-state index contributed by atoms with van der Waals surface area (Å²) in [6.45, 7) is 1.96. The van der Waals surface area contributed by atoms with Crippen molar-refractivity contribution in [1.82, 2.24) is 4.98 Å². The Balaban J connectivity index is 1.68. The van der Waals surface area contributed by atoms with E-state index >= 15 is 0 Å². The van der Waals surface area contributed by atoms with E-state index in [1.54, 1.807) is 32.4 Å². The molecule has 0 unspecified atom stereocenters. The van der Waals surface area contributed by atoms with E-state index in [0.29, 0.717) is 28.7 Å². The number of rotatable bonds is 8. The molecule has 0 bridgehead atoms. The van der Waals surface area contributed by atoms with Crippen LogP contribution in [0, 0.1) is 0 Å². The topological polar surface area (TPSA) is 89.6 Å². The zero-order valence-corrected chi connectivity index (χ0v) is 17.4. The number of benzene rings is 2. The van der Waals surface area contributed by atoms with Crippen LogP contribution in [0.4, 0.5) is 10.8 Å². The molecule has 0 spiro atoms. The summed E-state index contributed by atoms with van der Waals surface area (Å²) in [7, 11) is 3.11. The lowest BCUT2D eigenvalue weighted by molar-refractivity contribution is -0.116. The minimum Gasteiger partial charge on any atom is -0.493 e. The molecule has 0 atom stereocenters. The number of aromatic nitrogens is 1. The first-order chi connectivity index (χ1) is 14.0. The van der Waals surface area contributed by atoms with Crippen LogP contribution in [0.5, 0.6) is 11.5 Å². The summed E-state index contributed by atoms with van der Waals surface area (Å²) in [5.74, 6) is 0.968. The second-order valence-corrected chi connectivity index (χ2v) is 7.44. The minimum absolute atomic E-state index is 0.0407. The van der Waals surface area contributed by atoms with Crippen LogP contribution in [0.3, 0.4) is 0 Å². The van der Waals surface area contributed by atoms with Gasteiger partial charge in [0.15, 0.2) is 16.6 Å². The van der Waals surface area contributed by atoms with Gasteiger partial charge in [-0.2, -0.15) is 0 Å². The quantitative estimate of drug-likeness (QED) is 0.577. The van der Waals surface area contributed by atoms with Crippen molar-refractivity contribution < 1.29 is 19.1 Å². The van der Waals surface area contributed by atoms with Crippen molar-refractivity contribution in [3.63, 3.8) is 0 Å². The Bertz CT molecular complexity index is 1030. The Morgan fingerprint density at radius 3 is 2.52 bits per heavy atom. The van der Waals surface area contributed by atoms with Gasteiger partial charge in [0.05, 0.1) is 30.9 Å². The predicted octanol–water partition coefficient (Wildman–Crippen LogP) is 4.23. The van der Waals surface area contributed by atoms with E-state index in [1.807, 2.05) is 25.1 Å². The highest BCUT2D eigenvalue weighted by atomic mass is 32.1. The third-order valence-corrected chi connectivity index (χ3v) is 5.14. The van der Waals surface area contributed by atoms with Crippen molar-refractivity contribution in [2.24, 2.45) is 0 Å². The summed E-state index contributed by atoms with van der Waals surface area (Å²) in [6, 6.07) is 10.9. The molecule has 0 radical (unpaired) electrons. The molecule has 3 aromatic rings. The Labute approximate surface area is 173 Å². The van der Waals surface area contributed by atoms with Gasteiger partial charge in [-0.15, -0.1) is 0 Å². The van der Waals surface area contributed by atoms with Crippen molar-refractivity contribution in [3.05, 3.63) is 42.0 Å². The molecule has 152 valence electrons. The number of hydrogen-bond donors (Lipinski definition) is 2. The van der Waals surface area contributed by atoms with E-state index in [4.69, 9.17) is 9.47 Å². The first kappa shape index (κ1) is 20.6. The van der Waals surface area contributed by atoms with E-state index in [2.05, 4.69) is 15.6 Å². The fraction of sp³-hybridized carbons (Fsp3) is 0.286. The van der Waals surface area contributed by atoms with Crippen LogP contribution in [0.1, 0.15) is 25.3 Å². The van der Waals surface area contributed by atoms with Gasteiger partial charge < -0.3 is 20.1 Å². The number of anilines is 2. The summed E-state index contributed by atoms with van der Waals surface area (Å²) in [5.41, 5.74) is 2.30. The van der Waals surface area contributed by atoms with Gasteiger partial charge in [0, 0.05) is 18.2 Å². The summed E-state index contributed by atoms with van der Waals surface area (Å²) < 4.78 is 11.4. The monoisotopic (exact) mass is 413 g/mol. The van der Waals surface area contributed by atoms with Gasteiger partial charge in [0.1, 0.15) is 0 Å². The molecule has 0 aliphatic carbocycles. The van der Waals surface area contributed by atoms with Crippen LogP contribution < -0.4 is 20.1 Å². The molecule has 0 saturated heterocycles. The number of ether oxygens (including phenoxy) is 2. The molecule has 7 nitrogen and oxygen atoms in total. The van der Waals surface area contributed by atoms with Gasteiger partial charge in [-0.1, -0.05) is 24.3 Å². The number of fused-ring (bicyclic) bond motifs is 1. The number of thiazole rings is 1. The Morgan fingerprint density at radius 1 is 1.00 bits per heavy atom. The first-order valence-corrected chi connectivity index (χ1v) is 10.0. The van der Waals surface area contributed by atoms with Crippen LogP contribution in [-0.2, 0) is 16.0 Å². The van der Waals surface area contributed by atoms with E-state index in [9.17, 15) is 9.59 Å². The van der Waals surface area contributed by atoms with E-state index in [0.717, 1.165) is 22.2 Å². The number of nitrogens with zero attached hydrogens (tertiary/aromatic N) is 1. The maximum atomic E-state index is 12.4. The molecule has 29 heavy (non-hydrogen) atoms. The van der Waals surface area contributed by atoms with E-state index in [1.165, 1.54) is 11.3 Å². The molecule has 2 amide bonds. The summed E-state index contributed by atoms with van der Waals surface area (Å²) in [5, 5.41) is 6.25. The van der Waals surface area contributed by atoms with Gasteiger partial charge in [0.25, 0.3) is 0 Å². The number of methoxy groups -OCH3 is 2. The molecular formula is C21H23N3O4S. The highest BCUT2D eigenvalue weighted by molar-refractivity contribution is 7.22. The molecule has 2 aromatic carbocycles. The average molecular weight is 413 g/mol. The van der Waals surface area contributed by atoms with Gasteiger partial charge in [-0.25, -0.2) is 4.98 Å². The lowest BCUT2D eigenvalue weighted by Gasteiger charge is -2.10. The van der Waals surface area contributed by atoms with Crippen LogP contribution in [-0.4, -0.2) is 31.0 Å². The third kappa shape index (κ3) is 5.23. The lowest BCUT2D eigenvalue weighted by Crippen LogP contribution is -2.14. The maximum absolute atomic E-state index is 12.4. The first-order valence-electron chi connectivity index (χ1n) is 9.23. The van der Waals surface area contributed by atoms with Crippen molar-refractivity contribution in [3.8, 4) is 11.5 Å². The SMILES string of the molecule is CCCC(=O)Nc1nc2ccc(CC(=O)Nc3ccc(OC)c(OC)c3)cc2s1. The largest absolute Gasteiger partial charge is 0.493 e. The van der Waals surface area contributed by atoms with Gasteiger partial charge >= 0.3 is 0 Å². The number of carbonyl (C=O) groups is 2. The van der Waals surface area contributed by atoms with Crippen LogP contribution in [0.25, 0.3) is 10.2 Å². The van der Waals surface area contributed by atoms with Gasteiger partial charge in [-0.05, 0) is 36.2 Å². The molecule has 0 aliphatic heterocycles. The molecule has 3 rings (SSSR count). The van der Waals surface area contributed by atoms with E-state index < -0.39 is 0 Å². The zero-order chi connectivity index (χ0) is 20.8. The number of nitrogens with one attached hydrogen (secondary N) is 2. The molecule has 1 aromatic heterocycles. The number of carbonyl (C=O) groups excluding carboxylic acids is 2. The zero-order valence-electron chi connectivity index (χ0n) is 16.6. The Kier molecular flexibility index (Phi) is 6.66. The van der Waals surface area contributed by atoms with Crippen molar-refractivity contribution >= 4 is 44.2 Å². The summed E-state index contributed by atoms with van der Waals surface area (Å²) >= 11 is 1.40. The normalized spacial score (nSPS) is 10.6. The smallest absolute Gasteiger partial charge is 0.228 e. The lowest BCUT2D eigenvalue weighted by atomic mass is 10.1. The van der Waals surface area contributed by atoms with Crippen molar-refractivity contribution in [2.45, 2.75) is 26.2 Å². The second kappa shape index (κ2) is 9.38. The van der Waals surface area contributed by atoms with Crippen LogP contribution in [0.2, 0.25) is 0 Å². The third-order valence-electron chi connectivity index (χ3n) is 4.21. The molecule has 0 saturated carbocycles. The fourth-order valence-electron chi connectivity index (χ4n) is 2.85. The highest BCUT2D eigenvalue weighted by Crippen LogP contribution is 2.30. The second-order valence-electron chi connectivity index (χ2n) is 6.41. The molecular weight excluding hydrogens is 390 g/mol. The fourth-order valence-corrected chi connectivity index (χ4v) is 3.79. The van der Waals surface area contributed by atoms with Crippen LogP contribution in [0.15, 0.2) is 36.4 Å². The van der Waals surface area contributed by atoms with Crippen LogP contribution >= 0.6 is 11.3 Å². The molecule has 1 heterocycles. The maximum Gasteiger partial charge on any atom is 0.228 e. The predicted molar refractivity (Wildman–Crippen MR) is 115 cm³/mol. The van der Waals surface area contributed by atoms with E-state index in [-0.39, 0.29) is 18.2 Å². The summed E-state index contributed by atoms with van der Waals surface area (Å²) in [6.07, 6.45) is 1.48. The average Bonchev–Trinajstić information content (AvgIpc) is 3.09. The standard InChI is InChI=1S/C21H23N3O4S/c1-4-5-19(25)24-21-23-15-8-6-13(10-18(15)29-21)11-20(26)22-14-7-9-16(27-2)17(12-14)28-3/h6-10,12H,4-5,11H2,1-3H3,(H,22,26)(H,23,24,25). The van der Waals surface area contributed by atoms with Crippen molar-refractivity contribution in [1.29, 1.82) is 0 Å². The number of hydrogen-bond acceptors (Lipinski definition) is 6. The highest BCUT2D eigenvalue weighted by Gasteiger charge is 2.11. The van der Waals surface area contributed by atoms with Gasteiger partial charge in [0.2, 0.25) is 11.8 Å². The molecule has 2 N–H and O–H groups in total. The minimum atomic E-state index is -0.141. The Hall–Kier alpha value is -3.13. The molecule has 0 aliphatic rings. The number of amides is 2. The van der Waals surface area contributed by atoms with Gasteiger partial charge in [-0.3, -0.25) is 9.59 Å². The summed E-state index contributed by atoms with van der Waals surface area (Å²) in [4.78, 5) is 28.6.